The van der Waals surface area contributed by atoms with Gasteiger partial charge in [-0.2, -0.15) is 0 Å². The third kappa shape index (κ3) is 2.99. The van der Waals surface area contributed by atoms with Crippen LogP contribution >= 0.6 is 11.3 Å². The molecular formula is C16H21NOS. The molecule has 1 unspecified atom stereocenters. The number of nitrogens with one attached hydrogen (secondary N) is 1. The Bertz CT molecular complexity index is 521. The van der Waals surface area contributed by atoms with E-state index in [0.29, 0.717) is 6.61 Å². The lowest BCUT2D eigenvalue weighted by Gasteiger charge is -2.20. The molecule has 3 heteroatoms. The Morgan fingerprint density at radius 2 is 2.00 bits per heavy atom. The Morgan fingerprint density at radius 1 is 1.21 bits per heavy atom. The van der Waals surface area contributed by atoms with Gasteiger partial charge < -0.3 is 10.1 Å². The van der Waals surface area contributed by atoms with Crippen molar-refractivity contribution in [3.63, 3.8) is 0 Å². The molecular weight excluding hydrogens is 254 g/mol. The number of aryl methyl sites for hydroxylation is 1. The van der Waals surface area contributed by atoms with Gasteiger partial charge in [-0.15, -0.1) is 11.3 Å². The van der Waals surface area contributed by atoms with Crippen LogP contribution in [0.1, 0.15) is 35.9 Å². The Kier molecular flexibility index (Phi) is 5.00. The third-order valence-electron chi connectivity index (χ3n) is 3.24. The molecule has 0 fully saturated rings. The molecule has 1 heterocycles. The zero-order valence-corrected chi connectivity index (χ0v) is 12.6. The number of hydrogen-bond donors (Lipinski definition) is 1. The van der Waals surface area contributed by atoms with Crippen molar-refractivity contribution in [1.82, 2.24) is 5.32 Å². The molecule has 2 rings (SSSR count). The zero-order chi connectivity index (χ0) is 13.7. The first kappa shape index (κ1) is 14.1. The summed E-state index contributed by atoms with van der Waals surface area (Å²) in [4.78, 5) is 1.39. The number of thiophene rings is 1. The minimum absolute atomic E-state index is 0.206. The van der Waals surface area contributed by atoms with E-state index < -0.39 is 0 Å². The van der Waals surface area contributed by atoms with Gasteiger partial charge in [0.2, 0.25) is 0 Å². The van der Waals surface area contributed by atoms with Gasteiger partial charge in [-0.05, 0) is 43.5 Å². The summed E-state index contributed by atoms with van der Waals surface area (Å²) < 4.78 is 5.76. The number of benzene rings is 1. The van der Waals surface area contributed by atoms with Crippen molar-refractivity contribution in [2.75, 3.05) is 13.7 Å². The fourth-order valence-corrected chi connectivity index (χ4v) is 3.45. The van der Waals surface area contributed by atoms with Crippen LogP contribution in [0.15, 0.2) is 35.7 Å². The molecule has 0 aliphatic rings. The standard InChI is InChI=1S/C16H21NOS/c1-4-12-10-11-19-16(12)15(17-3)13-8-6-7-9-14(13)18-5-2/h6-11,15,17H,4-5H2,1-3H3. The number of hydrogen-bond acceptors (Lipinski definition) is 3. The highest BCUT2D eigenvalue weighted by Gasteiger charge is 2.19. The van der Waals surface area contributed by atoms with Crippen molar-refractivity contribution in [1.29, 1.82) is 0 Å². The maximum Gasteiger partial charge on any atom is 0.124 e. The van der Waals surface area contributed by atoms with Crippen LogP contribution < -0.4 is 10.1 Å². The largest absolute Gasteiger partial charge is 0.494 e. The van der Waals surface area contributed by atoms with Gasteiger partial charge >= 0.3 is 0 Å². The van der Waals surface area contributed by atoms with Crippen molar-refractivity contribution in [3.05, 3.63) is 51.7 Å². The molecule has 1 atom stereocenters. The fourth-order valence-electron chi connectivity index (χ4n) is 2.33. The zero-order valence-electron chi connectivity index (χ0n) is 11.8. The van der Waals surface area contributed by atoms with Gasteiger partial charge in [-0.3, -0.25) is 0 Å². The van der Waals surface area contributed by atoms with Crippen LogP contribution in [-0.4, -0.2) is 13.7 Å². The number of rotatable bonds is 6. The topological polar surface area (TPSA) is 21.3 Å². The first-order valence-electron chi connectivity index (χ1n) is 6.77. The second-order valence-corrected chi connectivity index (χ2v) is 5.30. The summed E-state index contributed by atoms with van der Waals surface area (Å²) in [6, 6.07) is 10.7. The first-order valence-corrected chi connectivity index (χ1v) is 7.65. The molecule has 19 heavy (non-hydrogen) atoms. The lowest BCUT2D eigenvalue weighted by molar-refractivity contribution is 0.334. The SMILES string of the molecule is CCOc1ccccc1C(NC)c1sccc1CC. The summed E-state index contributed by atoms with van der Waals surface area (Å²) in [7, 11) is 2.01. The Hall–Kier alpha value is -1.32. The Balaban J connectivity index is 2.42. The molecule has 0 bridgehead atoms. The molecule has 0 amide bonds. The van der Waals surface area contributed by atoms with E-state index in [0.717, 1.165) is 12.2 Å². The fraction of sp³-hybridized carbons (Fsp3) is 0.375. The van der Waals surface area contributed by atoms with Gasteiger partial charge in [0, 0.05) is 10.4 Å². The monoisotopic (exact) mass is 275 g/mol. The first-order chi connectivity index (χ1) is 9.31. The normalized spacial score (nSPS) is 12.4. The van der Waals surface area contributed by atoms with Crippen LogP contribution in [0.4, 0.5) is 0 Å². The lowest BCUT2D eigenvalue weighted by atomic mass is 10.0. The molecule has 2 nitrogen and oxygen atoms in total. The molecule has 2 aromatic rings. The smallest absolute Gasteiger partial charge is 0.124 e. The third-order valence-corrected chi connectivity index (χ3v) is 4.27. The van der Waals surface area contributed by atoms with Crippen molar-refractivity contribution >= 4 is 11.3 Å². The molecule has 0 aliphatic carbocycles. The van der Waals surface area contributed by atoms with Crippen molar-refractivity contribution in [2.45, 2.75) is 26.3 Å². The van der Waals surface area contributed by atoms with Crippen molar-refractivity contribution in [2.24, 2.45) is 0 Å². The highest BCUT2D eigenvalue weighted by molar-refractivity contribution is 7.10. The minimum Gasteiger partial charge on any atom is -0.494 e. The van der Waals surface area contributed by atoms with E-state index in [1.165, 1.54) is 16.0 Å². The average Bonchev–Trinajstić information content (AvgIpc) is 2.90. The predicted molar refractivity (Wildman–Crippen MR) is 82.2 cm³/mol. The Morgan fingerprint density at radius 3 is 2.68 bits per heavy atom. The maximum absolute atomic E-state index is 5.76. The molecule has 0 spiro atoms. The van der Waals surface area contributed by atoms with E-state index in [9.17, 15) is 0 Å². The summed E-state index contributed by atoms with van der Waals surface area (Å²) in [6.45, 7) is 4.92. The van der Waals surface area contributed by atoms with E-state index in [1.54, 1.807) is 0 Å². The predicted octanol–water partition coefficient (Wildman–Crippen LogP) is 4.02. The summed E-state index contributed by atoms with van der Waals surface area (Å²) in [5.74, 6) is 0.972. The molecule has 0 saturated heterocycles. The highest BCUT2D eigenvalue weighted by Crippen LogP contribution is 2.34. The molecule has 1 aromatic heterocycles. The van der Waals surface area contributed by atoms with Gasteiger partial charge in [0.25, 0.3) is 0 Å². The van der Waals surface area contributed by atoms with Crippen LogP contribution in [0, 0.1) is 0 Å². The van der Waals surface area contributed by atoms with Gasteiger partial charge in [-0.25, -0.2) is 0 Å². The second-order valence-electron chi connectivity index (χ2n) is 4.36. The number of para-hydroxylation sites is 1. The molecule has 0 saturated carbocycles. The molecule has 1 N–H and O–H groups in total. The summed E-state index contributed by atoms with van der Waals surface area (Å²) in [5.41, 5.74) is 2.62. The van der Waals surface area contributed by atoms with Gasteiger partial charge in [-0.1, -0.05) is 25.1 Å². The summed E-state index contributed by atoms with van der Waals surface area (Å²) >= 11 is 1.81. The van der Waals surface area contributed by atoms with Crippen molar-refractivity contribution in [3.8, 4) is 5.75 Å². The van der Waals surface area contributed by atoms with E-state index in [1.807, 2.05) is 37.4 Å². The maximum atomic E-state index is 5.76. The van der Waals surface area contributed by atoms with Gasteiger partial charge in [0.15, 0.2) is 0 Å². The van der Waals surface area contributed by atoms with Crippen LogP contribution in [-0.2, 0) is 6.42 Å². The van der Waals surface area contributed by atoms with E-state index in [-0.39, 0.29) is 6.04 Å². The van der Waals surface area contributed by atoms with Crippen molar-refractivity contribution < 1.29 is 4.74 Å². The van der Waals surface area contributed by atoms with E-state index in [2.05, 4.69) is 35.8 Å². The second kappa shape index (κ2) is 6.73. The molecule has 1 aromatic carbocycles. The lowest BCUT2D eigenvalue weighted by Crippen LogP contribution is -2.18. The summed E-state index contributed by atoms with van der Waals surface area (Å²) in [5, 5.41) is 5.59. The molecule has 102 valence electrons. The van der Waals surface area contributed by atoms with Crippen LogP contribution in [0.2, 0.25) is 0 Å². The average molecular weight is 275 g/mol. The van der Waals surface area contributed by atoms with Gasteiger partial charge in [0.1, 0.15) is 5.75 Å². The van der Waals surface area contributed by atoms with Gasteiger partial charge in [0.05, 0.1) is 12.6 Å². The van der Waals surface area contributed by atoms with Crippen LogP contribution in [0.25, 0.3) is 0 Å². The number of ether oxygens (including phenoxy) is 1. The Labute approximate surface area is 119 Å². The quantitative estimate of drug-likeness (QED) is 0.860. The van der Waals surface area contributed by atoms with Crippen LogP contribution in [0.5, 0.6) is 5.75 Å². The van der Waals surface area contributed by atoms with E-state index >= 15 is 0 Å². The highest BCUT2D eigenvalue weighted by atomic mass is 32.1. The summed E-state index contributed by atoms with van der Waals surface area (Å²) in [6.07, 6.45) is 1.06. The molecule has 0 aliphatic heterocycles. The van der Waals surface area contributed by atoms with Crippen LogP contribution in [0.3, 0.4) is 0 Å². The molecule has 0 radical (unpaired) electrons. The van der Waals surface area contributed by atoms with E-state index in [4.69, 9.17) is 4.74 Å². The minimum atomic E-state index is 0.206.